The Hall–Kier alpha value is -2.29. The highest BCUT2D eigenvalue weighted by Gasteiger charge is 2.56. The van der Waals surface area contributed by atoms with Gasteiger partial charge in [-0.1, -0.05) is 0 Å². The summed E-state index contributed by atoms with van der Waals surface area (Å²) in [5.41, 5.74) is 3.76. The molecule has 3 unspecified atom stereocenters. The Kier molecular flexibility index (Phi) is 4.73. The van der Waals surface area contributed by atoms with Gasteiger partial charge in [-0.2, -0.15) is 5.10 Å². The van der Waals surface area contributed by atoms with E-state index in [0.29, 0.717) is 13.1 Å². The Bertz CT molecular complexity index is 1260. The van der Waals surface area contributed by atoms with E-state index < -0.39 is 10.0 Å². The van der Waals surface area contributed by atoms with Crippen molar-refractivity contribution in [2.75, 3.05) is 26.5 Å². The van der Waals surface area contributed by atoms with Crippen LogP contribution in [0.1, 0.15) is 24.0 Å². The summed E-state index contributed by atoms with van der Waals surface area (Å²) in [7, 11) is -1.53. The van der Waals surface area contributed by atoms with Gasteiger partial charge in [0, 0.05) is 31.0 Å². The Labute approximate surface area is 181 Å². The average Bonchev–Trinajstić information content (AvgIpc) is 3.38. The summed E-state index contributed by atoms with van der Waals surface area (Å²) in [6.45, 7) is 3.09. The molecule has 0 radical (unpaired) electrons. The summed E-state index contributed by atoms with van der Waals surface area (Å²) in [5, 5.41) is 5.52. The largest absolute Gasteiger partial charge is 0.381 e. The quantitative estimate of drug-likeness (QED) is 0.620. The number of hydrogen-bond donors (Lipinski definition) is 0. The molecule has 0 bridgehead atoms. The van der Waals surface area contributed by atoms with Gasteiger partial charge in [0.05, 0.1) is 29.8 Å². The third-order valence-electron chi connectivity index (χ3n) is 7.13. The smallest absolute Gasteiger partial charge is 0.211 e. The zero-order valence-electron chi connectivity index (χ0n) is 17.9. The van der Waals surface area contributed by atoms with E-state index in [4.69, 9.17) is 4.74 Å². The minimum atomic E-state index is -3.26. The van der Waals surface area contributed by atoms with Gasteiger partial charge >= 0.3 is 0 Å². The van der Waals surface area contributed by atoms with Crippen LogP contribution in [0.25, 0.3) is 16.6 Å². The first-order chi connectivity index (χ1) is 14.7. The van der Waals surface area contributed by atoms with E-state index in [1.54, 1.807) is 23.5 Å². The van der Waals surface area contributed by atoms with Crippen LogP contribution in [0.5, 0.6) is 0 Å². The maximum Gasteiger partial charge on any atom is 0.211 e. The van der Waals surface area contributed by atoms with Crippen molar-refractivity contribution in [1.82, 2.24) is 14.1 Å². The summed E-state index contributed by atoms with van der Waals surface area (Å²) < 4.78 is 47.1. The fourth-order valence-corrected chi connectivity index (χ4v) is 6.53. The van der Waals surface area contributed by atoms with Gasteiger partial charge in [0.25, 0.3) is 0 Å². The maximum atomic E-state index is 13.3. The number of aryl methyl sites for hydroxylation is 1. The lowest BCUT2D eigenvalue weighted by molar-refractivity contribution is 0.0979. The molecule has 1 aliphatic carbocycles. The third kappa shape index (κ3) is 3.28. The van der Waals surface area contributed by atoms with Crippen molar-refractivity contribution in [3.05, 3.63) is 59.5 Å². The molecule has 1 aliphatic heterocycles. The van der Waals surface area contributed by atoms with Gasteiger partial charge in [-0.25, -0.2) is 21.8 Å². The molecule has 0 amide bonds. The second-order valence-electron chi connectivity index (χ2n) is 8.96. The highest BCUT2D eigenvalue weighted by molar-refractivity contribution is 7.88. The Morgan fingerprint density at radius 1 is 1.23 bits per heavy atom. The first-order valence-electron chi connectivity index (χ1n) is 10.4. The normalized spacial score (nSPS) is 26.6. The minimum Gasteiger partial charge on any atom is -0.381 e. The minimum absolute atomic E-state index is 0.128. The monoisotopic (exact) mass is 443 g/mol. The molecule has 2 aliphatic rings. The number of sulfonamides is 1. The number of halogens is 1. The molecule has 1 saturated carbocycles. The number of ether oxygens (including phenoxy) is 1. The van der Waals surface area contributed by atoms with E-state index >= 15 is 0 Å². The molecular formula is C23H26FN3O3S. The van der Waals surface area contributed by atoms with Crippen molar-refractivity contribution in [3.8, 4) is 5.69 Å². The van der Waals surface area contributed by atoms with E-state index in [2.05, 4.69) is 24.2 Å². The summed E-state index contributed by atoms with van der Waals surface area (Å²) in [6.07, 6.45) is 4.90. The number of methoxy groups -OCH3 is 1. The van der Waals surface area contributed by atoms with Crippen LogP contribution in [-0.2, 0) is 20.2 Å². The van der Waals surface area contributed by atoms with Crippen LogP contribution in [0, 0.1) is 18.7 Å². The van der Waals surface area contributed by atoms with E-state index in [-0.39, 0.29) is 23.3 Å². The van der Waals surface area contributed by atoms with Crippen LogP contribution in [-0.4, -0.2) is 55.1 Å². The van der Waals surface area contributed by atoms with Gasteiger partial charge in [-0.05, 0) is 73.2 Å². The number of nitrogens with zero attached hydrogens (tertiary/aromatic N) is 3. The highest BCUT2D eigenvalue weighted by Crippen LogP contribution is 2.53. The molecule has 0 spiro atoms. The molecule has 1 aromatic heterocycles. The number of fused-ring (bicyclic) bond motifs is 2. The molecule has 3 atom stereocenters. The molecule has 2 fully saturated rings. The number of rotatable bonds is 4. The Balaban J connectivity index is 1.62. The van der Waals surface area contributed by atoms with Crippen molar-refractivity contribution in [2.45, 2.75) is 31.3 Å². The zero-order valence-corrected chi connectivity index (χ0v) is 18.7. The lowest BCUT2D eigenvalue weighted by Crippen LogP contribution is -2.35. The molecule has 0 N–H and O–H groups in total. The summed E-state index contributed by atoms with van der Waals surface area (Å²) in [4.78, 5) is 0. The molecule has 1 saturated heterocycles. The fourth-order valence-electron chi connectivity index (χ4n) is 5.62. The van der Waals surface area contributed by atoms with Crippen molar-refractivity contribution >= 4 is 20.9 Å². The number of hydrogen-bond acceptors (Lipinski definition) is 4. The Morgan fingerprint density at radius 3 is 2.65 bits per heavy atom. The molecule has 164 valence electrons. The van der Waals surface area contributed by atoms with Gasteiger partial charge in [-0.15, -0.1) is 0 Å². The maximum absolute atomic E-state index is 13.3. The van der Waals surface area contributed by atoms with Crippen molar-refractivity contribution in [3.63, 3.8) is 0 Å². The summed E-state index contributed by atoms with van der Waals surface area (Å²) >= 11 is 0. The first kappa shape index (κ1) is 20.6. The first-order valence-corrected chi connectivity index (χ1v) is 12.3. The average molecular weight is 444 g/mol. The van der Waals surface area contributed by atoms with Crippen LogP contribution in [0.4, 0.5) is 4.39 Å². The second kappa shape index (κ2) is 7.12. The molecule has 6 nitrogen and oxygen atoms in total. The third-order valence-corrected chi connectivity index (χ3v) is 8.34. The van der Waals surface area contributed by atoms with E-state index in [9.17, 15) is 12.8 Å². The summed E-state index contributed by atoms with van der Waals surface area (Å²) in [6, 6.07) is 10.5. The molecular weight excluding hydrogens is 417 g/mol. The molecule has 2 heterocycles. The van der Waals surface area contributed by atoms with Crippen LogP contribution >= 0.6 is 0 Å². The van der Waals surface area contributed by atoms with E-state index in [1.165, 1.54) is 24.0 Å². The lowest BCUT2D eigenvalue weighted by Gasteiger charge is -2.31. The predicted octanol–water partition coefficient (Wildman–Crippen LogP) is 3.41. The SMILES string of the molecule is COC1CC2CN(S(C)(=O)=O)CC2(c2cc3cnn(-c4ccc(F)cc4)c3cc2C)C1. The molecule has 2 aromatic carbocycles. The lowest BCUT2D eigenvalue weighted by atomic mass is 9.72. The number of aromatic nitrogens is 2. The van der Waals surface area contributed by atoms with Crippen molar-refractivity contribution < 1.29 is 17.5 Å². The summed E-state index contributed by atoms with van der Waals surface area (Å²) in [5.74, 6) is -0.0649. The van der Waals surface area contributed by atoms with E-state index in [0.717, 1.165) is 35.0 Å². The molecule has 31 heavy (non-hydrogen) atoms. The number of benzene rings is 2. The zero-order chi connectivity index (χ0) is 22.0. The standard InChI is InChI=1S/C23H26FN3O3S/c1-15-8-22-16(12-25-27(22)19-6-4-18(24)5-7-19)9-21(15)23-11-20(30-2)10-17(23)13-26(14-23)31(3,28)29/h4-9,12,17,20H,10-11,13-14H2,1-3H3. The van der Waals surface area contributed by atoms with Crippen molar-refractivity contribution in [2.24, 2.45) is 5.92 Å². The highest BCUT2D eigenvalue weighted by atomic mass is 32.2. The predicted molar refractivity (Wildman–Crippen MR) is 117 cm³/mol. The van der Waals surface area contributed by atoms with Gasteiger partial charge in [0.15, 0.2) is 0 Å². The molecule has 3 aromatic rings. The van der Waals surface area contributed by atoms with Gasteiger partial charge in [0.2, 0.25) is 10.0 Å². The van der Waals surface area contributed by atoms with Gasteiger partial charge in [0.1, 0.15) is 5.82 Å². The molecule has 5 rings (SSSR count). The van der Waals surface area contributed by atoms with Gasteiger partial charge in [-0.3, -0.25) is 0 Å². The topological polar surface area (TPSA) is 64.4 Å². The van der Waals surface area contributed by atoms with Crippen LogP contribution in [0.2, 0.25) is 0 Å². The van der Waals surface area contributed by atoms with E-state index in [1.807, 2.05) is 10.9 Å². The van der Waals surface area contributed by atoms with Crippen LogP contribution in [0.3, 0.4) is 0 Å². The Morgan fingerprint density at radius 2 is 1.97 bits per heavy atom. The van der Waals surface area contributed by atoms with Crippen LogP contribution < -0.4 is 0 Å². The fraction of sp³-hybridized carbons (Fsp3) is 0.435. The van der Waals surface area contributed by atoms with Crippen molar-refractivity contribution in [1.29, 1.82) is 0 Å². The van der Waals surface area contributed by atoms with Gasteiger partial charge < -0.3 is 4.74 Å². The molecule has 8 heteroatoms. The second-order valence-corrected chi connectivity index (χ2v) is 10.9. The van der Waals surface area contributed by atoms with Crippen LogP contribution in [0.15, 0.2) is 42.6 Å².